The fourth-order valence-corrected chi connectivity index (χ4v) is 6.23. The predicted octanol–water partition coefficient (Wildman–Crippen LogP) is 5.92. The molecule has 3 heterocycles. The molecule has 3 aromatic rings. The molecule has 2 aliphatic rings. The van der Waals surface area contributed by atoms with Crippen molar-refractivity contribution >= 4 is 27.6 Å². The summed E-state index contributed by atoms with van der Waals surface area (Å²) in [5, 5.41) is 9.26. The van der Waals surface area contributed by atoms with Crippen molar-refractivity contribution < 1.29 is 31.5 Å². The molecule has 1 atom stereocenters. The van der Waals surface area contributed by atoms with Gasteiger partial charge in [0.2, 0.25) is 0 Å². The van der Waals surface area contributed by atoms with Crippen LogP contribution in [0.15, 0.2) is 59.6 Å². The van der Waals surface area contributed by atoms with Crippen molar-refractivity contribution in [1.29, 1.82) is 0 Å². The molecule has 0 amide bonds. The van der Waals surface area contributed by atoms with Crippen LogP contribution in [0.25, 0.3) is 11.3 Å². The summed E-state index contributed by atoms with van der Waals surface area (Å²) in [4.78, 5) is 21.9. The van der Waals surface area contributed by atoms with E-state index >= 15 is 0 Å². The van der Waals surface area contributed by atoms with E-state index in [9.17, 15) is 31.5 Å². The van der Waals surface area contributed by atoms with Gasteiger partial charge in [0.25, 0.3) is 10.0 Å². The van der Waals surface area contributed by atoms with Gasteiger partial charge in [-0.1, -0.05) is 36.8 Å². The van der Waals surface area contributed by atoms with Crippen LogP contribution in [-0.4, -0.2) is 42.6 Å². The predicted molar refractivity (Wildman–Crippen MR) is 144 cm³/mol. The average Bonchev–Trinajstić information content (AvgIpc) is 2.87. The van der Waals surface area contributed by atoms with Gasteiger partial charge in [-0.15, -0.1) is 0 Å². The van der Waals surface area contributed by atoms with Crippen molar-refractivity contribution in [3.63, 3.8) is 0 Å². The summed E-state index contributed by atoms with van der Waals surface area (Å²) >= 11 is 0. The highest BCUT2D eigenvalue weighted by Crippen LogP contribution is 2.44. The highest BCUT2D eigenvalue weighted by Gasteiger charge is 2.39. The number of anilines is 2. The zero-order valence-electron chi connectivity index (χ0n) is 21.8. The number of carboxylic acids is 1. The van der Waals surface area contributed by atoms with Gasteiger partial charge < -0.3 is 10.0 Å². The minimum Gasteiger partial charge on any atom is -0.481 e. The number of halogens is 3. The van der Waals surface area contributed by atoms with Crippen LogP contribution in [-0.2, 0) is 21.0 Å². The molecule has 0 radical (unpaired) electrons. The normalized spacial score (nSPS) is 20.1. The number of hydrogen-bond acceptors (Lipinski definition) is 6. The number of aliphatic carboxylic acids is 1. The van der Waals surface area contributed by atoms with E-state index in [1.54, 1.807) is 42.2 Å². The fourth-order valence-electron chi connectivity index (χ4n) is 5.27. The number of rotatable bonds is 7. The van der Waals surface area contributed by atoms with Crippen molar-refractivity contribution in [2.45, 2.75) is 56.1 Å². The van der Waals surface area contributed by atoms with E-state index in [0.29, 0.717) is 30.8 Å². The quantitative estimate of drug-likeness (QED) is 0.360. The Hall–Kier alpha value is -3.67. The lowest BCUT2D eigenvalue weighted by atomic mass is 9.77. The van der Waals surface area contributed by atoms with E-state index in [0.717, 1.165) is 37.0 Å². The Kier molecular flexibility index (Phi) is 7.24. The first-order valence-corrected chi connectivity index (χ1v) is 14.5. The third-order valence-corrected chi connectivity index (χ3v) is 8.98. The second-order valence-corrected chi connectivity index (χ2v) is 12.3. The topological polar surface area (TPSA) is 112 Å². The number of piperidine rings is 1. The highest BCUT2D eigenvalue weighted by atomic mass is 32.2. The molecule has 2 fully saturated rings. The van der Waals surface area contributed by atoms with Crippen LogP contribution >= 0.6 is 0 Å². The number of pyridine rings is 2. The molecule has 5 rings (SSSR count). The minimum atomic E-state index is -4.69. The molecule has 1 aliphatic carbocycles. The van der Waals surface area contributed by atoms with Crippen molar-refractivity contribution in [3.05, 3.63) is 65.7 Å². The van der Waals surface area contributed by atoms with Crippen LogP contribution in [0.5, 0.6) is 0 Å². The van der Waals surface area contributed by atoms with E-state index in [2.05, 4.69) is 14.7 Å². The number of nitrogens with one attached hydrogen (secondary N) is 1. The van der Waals surface area contributed by atoms with Gasteiger partial charge in [-0.05, 0) is 68.4 Å². The van der Waals surface area contributed by atoms with Crippen LogP contribution in [0.4, 0.5) is 24.8 Å². The molecule has 2 N–H and O–H groups in total. The SMILES string of the molecule is C[C@]1(C(=O)O)CCCN(c2cccc(S(=O)(=O)Nc3ccc(C(F)(F)F)c(-c4ccccc4C4CCC4)n3)n2)C1. The van der Waals surface area contributed by atoms with Gasteiger partial charge in [-0.3, -0.25) is 9.52 Å². The van der Waals surface area contributed by atoms with Gasteiger partial charge in [0.05, 0.1) is 16.7 Å². The van der Waals surface area contributed by atoms with E-state index < -0.39 is 33.1 Å². The molecule has 0 spiro atoms. The molecule has 0 unspecified atom stereocenters. The van der Waals surface area contributed by atoms with E-state index in [1.807, 2.05) is 0 Å². The average molecular weight is 575 g/mol. The Balaban J connectivity index is 1.47. The maximum absolute atomic E-state index is 14.0. The second-order valence-electron chi connectivity index (χ2n) is 10.6. The van der Waals surface area contributed by atoms with E-state index in [-0.39, 0.29) is 29.0 Å². The molecule has 1 aromatic carbocycles. The van der Waals surface area contributed by atoms with Gasteiger partial charge in [0.15, 0.2) is 5.03 Å². The number of carboxylic acid groups (broad SMARTS) is 1. The lowest BCUT2D eigenvalue weighted by Crippen LogP contribution is -2.46. The number of carbonyl (C=O) groups is 1. The van der Waals surface area contributed by atoms with Crippen molar-refractivity contribution in [2.24, 2.45) is 5.41 Å². The van der Waals surface area contributed by atoms with Gasteiger partial charge in [-0.2, -0.15) is 21.6 Å². The number of nitrogens with zero attached hydrogens (tertiary/aromatic N) is 3. The molecule has 1 saturated carbocycles. The summed E-state index contributed by atoms with van der Waals surface area (Å²) in [5.74, 6) is -0.782. The Bertz CT molecular complexity index is 1540. The Morgan fingerprint density at radius 1 is 1.05 bits per heavy atom. The van der Waals surface area contributed by atoms with Crippen LogP contribution in [0.2, 0.25) is 0 Å². The van der Waals surface area contributed by atoms with Gasteiger partial charge in [0.1, 0.15) is 11.6 Å². The van der Waals surface area contributed by atoms with E-state index in [1.165, 1.54) is 12.1 Å². The first kappa shape index (κ1) is 27.9. The lowest BCUT2D eigenvalue weighted by molar-refractivity contribution is -0.148. The maximum Gasteiger partial charge on any atom is 0.418 e. The van der Waals surface area contributed by atoms with Gasteiger partial charge in [0, 0.05) is 18.7 Å². The van der Waals surface area contributed by atoms with E-state index in [4.69, 9.17) is 0 Å². The molecule has 40 heavy (non-hydrogen) atoms. The zero-order valence-corrected chi connectivity index (χ0v) is 22.6. The standard InChI is InChI=1S/C28H29F3N4O4S/c1-27(26(36)37)15-6-16-35(17-27)23-11-5-12-24(33-23)40(38,39)34-22-14-13-21(28(29,30)31)25(32-22)20-10-3-2-9-19(20)18-7-4-8-18/h2-3,5,9-14,18H,4,6-8,15-17H2,1H3,(H,32,34)(H,36,37)/t27-/m0/s1. The van der Waals surface area contributed by atoms with Crippen LogP contribution in [0, 0.1) is 5.41 Å². The molecule has 8 nitrogen and oxygen atoms in total. The Morgan fingerprint density at radius 3 is 2.48 bits per heavy atom. The molecule has 212 valence electrons. The smallest absolute Gasteiger partial charge is 0.418 e. The fraction of sp³-hybridized carbons (Fsp3) is 0.393. The number of benzene rings is 1. The lowest BCUT2D eigenvalue weighted by Gasteiger charge is -2.38. The third kappa shape index (κ3) is 5.49. The van der Waals surface area contributed by atoms with Crippen LogP contribution < -0.4 is 9.62 Å². The molecule has 1 aliphatic heterocycles. The first-order valence-electron chi connectivity index (χ1n) is 13.0. The molecule has 2 aromatic heterocycles. The summed E-state index contributed by atoms with van der Waals surface area (Å²) < 4.78 is 70.8. The highest BCUT2D eigenvalue weighted by molar-refractivity contribution is 7.92. The summed E-state index contributed by atoms with van der Waals surface area (Å²) in [6.07, 6.45) is -0.867. The zero-order chi connectivity index (χ0) is 28.7. The van der Waals surface area contributed by atoms with Gasteiger partial charge in [-0.25, -0.2) is 9.97 Å². The second kappa shape index (κ2) is 10.4. The third-order valence-electron chi connectivity index (χ3n) is 7.72. The molecule has 12 heteroatoms. The molecular weight excluding hydrogens is 545 g/mol. The maximum atomic E-state index is 14.0. The van der Waals surface area contributed by atoms with Crippen molar-refractivity contribution in [1.82, 2.24) is 9.97 Å². The number of alkyl halides is 3. The van der Waals surface area contributed by atoms with Crippen LogP contribution in [0.3, 0.4) is 0 Å². The van der Waals surface area contributed by atoms with Crippen molar-refractivity contribution in [3.8, 4) is 11.3 Å². The summed E-state index contributed by atoms with van der Waals surface area (Å²) in [6, 6.07) is 13.0. The number of aromatic nitrogens is 2. The monoisotopic (exact) mass is 574 g/mol. The first-order chi connectivity index (χ1) is 18.9. The summed E-state index contributed by atoms with van der Waals surface area (Å²) in [6.45, 7) is 2.31. The van der Waals surface area contributed by atoms with Crippen molar-refractivity contribution in [2.75, 3.05) is 22.7 Å². The number of hydrogen-bond donors (Lipinski definition) is 2. The summed E-state index contributed by atoms with van der Waals surface area (Å²) in [7, 11) is -4.33. The Labute approximate surface area is 230 Å². The molecule has 0 bridgehead atoms. The van der Waals surface area contributed by atoms with Crippen LogP contribution in [0.1, 0.15) is 56.1 Å². The molecule has 1 saturated heterocycles. The Morgan fingerprint density at radius 2 is 1.80 bits per heavy atom. The number of sulfonamides is 1. The molecular formula is C28H29F3N4O4S. The minimum absolute atomic E-state index is 0.129. The summed E-state index contributed by atoms with van der Waals surface area (Å²) in [5.41, 5.74) is -1.20. The largest absolute Gasteiger partial charge is 0.481 e. The van der Waals surface area contributed by atoms with Gasteiger partial charge >= 0.3 is 12.1 Å².